The lowest BCUT2D eigenvalue weighted by atomic mass is 9.71. The van der Waals surface area contributed by atoms with Crippen molar-refractivity contribution in [2.24, 2.45) is 5.41 Å². The van der Waals surface area contributed by atoms with E-state index in [-0.39, 0.29) is 17.2 Å². The van der Waals surface area contributed by atoms with E-state index in [2.05, 4.69) is 17.3 Å². The number of ketones is 1. The van der Waals surface area contributed by atoms with E-state index < -0.39 is 0 Å². The molecule has 1 aromatic rings. The maximum absolute atomic E-state index is 13.1. The summed E-state index contributed by atoms with van der Waals surface area (Å²) in [7, 11) is 0. The molecule has 2 rings (SSSR count). The molecular weight excluding hydrogens is 274 g/mol. The molecule has 0 bridgehead atoms. The highest BCUT2D eigenvalue weighted by atomic mass is 35.5. The van der Waals surface area contributed by atoms with Gasteiger partial charge in [-0.3, -0.25) is 9.48 Å². The number of carbonyl (C=O) groups excluding carboxylic acids is 1. The van der Waals surface area contributed by atoms with Gasteiger partial charge in [0.05, 0.1) is 11.2 Å². The Hall–Kier alpha value is -0.870. The van der Waals surface area contributed by atoms with Crippen molar-refractivity contribution in [3.63, 3.8) is 0 Å². The third-order valence-electron chi connectivity index (χ3n) is 4.23. The summed E-state index contributed by atoms with van der Waals surface area (Å²) in [5.74, 6) is 0.178. The number of Topliss-reactive ketones (excluding diaryl/α,β-unsaturated/α-hetero) is 1. The van der Waals surface area contributed by atoms with Crippen molar-refractivity contribution in [2.75, 3.05) is 13.1 Å². The summed E-state index contributed by atoms with van der Waals surface area (Å²) in [6, 6.07) is 0.141. The van der Waals surface area contributed by atoms with Crippen LogP contribution in [0.3, 0.4) is 0 Å². The fourth-order valence-corrected chi connectivity index (χ4v) is 3.39. The monoisotopic (exact) mass is 297 g/mol. The number of carbonyl (C=O) groups is 1. The average molecular weight is 298 g/mol. The molecule has 112 valence electrons. The van der Waals surface area contributed by atoms with Crippen LogP contribution in [0.5, 0.6) is 0 Å². The van der Waals surface area contributed by atoms with Crippen molar-refractivity contribution in [3.8, 4) is 0 Å². The minimum absolute atomic E-state index is 0.141. The zero-order chi connectivity index (χ0) is 14.8. The standard InChI is InChI=1S/C15H24ClN3O/c1-4-5-15(6-8-17-9-7-15)14(20)13-12(16)10-18-19(13)11(2)3/h10-11,17H,4-9H2,1-3H3. The molecular formula is C15H24ClN3O. The fraction of sp³-hybridized carbons (Fsp3) is 0.733. The van der Waals surface area contributed by atoms with Gasteiger partial charge in [-0.1, -0.05) is 24.9 Å². The largest absolute Gasteiger partial charge is 0.317 e. The molecule has 1 fully saturated rings. The smallest absolute Gasteiger partial charge is 0.188 e. The second kappa shape index (κ2) is 6.27. The first kappa shape index (κ1) is 15.5. The summed E-state index contributed by atoms with van der Waals surface area (Å²) in [5.41, 5.74) is 0.327. The van der Waals surface area contributed by atoms with Gasteiger partial charge in [-0.25, -0.2) is 0 Å². The summed E-state index contributed by atoms with van der Waals surface area (Å²) >= 11 is 6.25. The van der Waals surface area contributed by atoms with Crippen LogP contribution >= 0.6 is 11.6 Å². The van der Waals surface area contributed by atoms with Crippen LogP contribution in [0.25, 0.3) is 0 Å². The SMILES string of the molecule is CCCC1(C(=O)c2c(Cl)cnn2C(C)C)CCNCC1. The molecule has 0 atom stereocenters. The van der Waals surface area contributed by atoms with Crippen LogP contribution in [-0.4, -0.2) is 28.7 Å². The van der Waals surface area contributed by atoms with Crippen LogP contribution in [0.15, 0.2) is 6.20 Å². The predicted molar refractivity (Wildman–Crippen MR) is 81.4 cm³/mol. The summed E-state index contributed by atoms with van der Waals surface area (Å²) in [6.07, 6.45) is 5.31. The minimum atomic E-state index is -0.268. The van der Waals surface area contributed by atoms with E-state index in [1.165, 1.54) is 0 Å². The molecule has 0 amide bonds. The van der Waals surface area contributed by atoms with Crippen molar-refractivity contribution in [1.29, 1.82) is 0 Å². The topological polar surface area (TPSA) is 46.9 Å². The summed E-state index contributed by atoms with van der Waals surface area (Å²) in [5, 5.41) is 8.10. The molecule has 0 unspecified atom stereocenters. The number of piperidine rings is 1. The molecule has 0 radical (unpaired) electrons. The molecule has 1 aliphatic rings. The average Bonchev–Trinajstić information content (AvgIpc) is 2.81. The molecule has 2 heterocycles. The number of hydrogen-bond acceptors (Lipinski definition) is 3. The number of nitrogens with zero attached hydrogens (tertiary/aromatic N) is 2. The zero-order valence-corrected chi connectivity index (χ0v) is 13.3. The van der Waals surface area contributed by atoms with E-state index in [0.29, 0.717) is 10.7 Å². The molecule has 20 heavy (non-hydrogen) atoms. The summed E-state index contributed by atoms with van der Waals surface area (Å²) < 4.78 is 1.77. The van der Waals surface area contributed by atoms with Gasteiger partial charge in [0.25, 0.3) is 0 Å². The lowest BCUT2D eigenvalue weighted by Crippen LogP contribution is -2.43. The van der Waals surface area contributed by atoms with Crippen LogP contribution in [0, 0.1) is 5.41 Å². The lowest BCUT2D eigenvalue weighted by molar-refractivity contribution is 0.0690. The van der Waals surface area contributed by atoms with Gasteiger partial charge in [0.1, 0.15) is 5.69 Å². The zero-order valence-electron chi connectivity index (χ0n) is 12.6. The van der Waals surface area contributed by atoms with E-state index in [4.69, 9.17) is 11.6 Å². The Kier molecular flexibility index (Phi) is 4.86. The Labute approximate surface area is 125 Å². The molecule has 0 aromatic carbocycles. The Morgan fingerprint density at radius 2 is 2.15 bits per heavy atom. The summed E-state index contributed by atoms with van der Waals surface area (Å²) in [6.45, 7) is 7.99. The quantitative estimate of drug-likeness (QED) is 0.847. The summed E-state index contributed by atoms with van der Waals surface area (Å²) in [4.78, 5) is 13.1. The van der Waals surface area contributed by atoms with E-state index in [9.17, 15) is 4.79 Å². The van der Waals surface area contributed by atoms with Crippen LogP contribution < -0.4 is 5.32 Å². The van der Waals surface area contributed by atoms with Gasteiger partial charge in [-0.05, 0) is 46.2 Å². The number of rotatable bonds is 5. The van der Waals surface area contributed by atoms with Crippen LogP contribution in [0.4, 0.5) is 0 Å². The van der Waals surface area contributed by atoms with Crippen molar-refractivity contribution in [2.45, 2.75) is 52.5 Å². The Bertz CT molecular complexity index is 470. The maximum atomic E-state index is 13.1. The van der Waals surface area contributed by atoms with Gasteiger partial charge in [0.2, 0.25) is 0 Å². The lowest BCUT2D eigenvalue weighted by Gasteiger charge is -2.36. The molecule has 1 saturated heterocycles. The normalized spacial score (nSPS) is 18.4. The van der Waals surface area contributed by atoms with Gasteiger partial charge < -0.3 is 5.32 Å². The van der Waals surface area contributed by atoms with Gasteiger partial charge in [0, 0.05) is 11.5 Å². The molecule has 0 aliphatic carbocycles. The number of nitrogens with one attached hydrogen (secondary N) is 1. The minimum Gasteiger partial charge on any atom is -0.317 e. The highest BCUT2D eigenvalue weighted by Gasteiger charge is 2.41. The number of halogens is 1. The maximum Gasteiger partial charge on any atom is 0.188 e. The van der Waals surface area contributed by atoms with E-state index in [1.807, 2.05) is 13.8 Å². The van der Waals surface area contributed by atoms with Gasteiger partial charge >= 0.3 is 0 Å². The second-order valence-electron chi connectivity index (χ2n) is 5.99. The Balaban J connectivity index is 2.39. The number of aromatic nitrogens is 2. The van der Waals surface area contributed by atoms with E-state index >= 15 is 0 Å². The third-order valence-corrected chi connectivity index (χ3v) is 4.50. The van der Waals surface area contributed by atoms with Gasteiger partial charge in [0.15, 0.2) is 5.78 Å². The molecule has 1 N–H and O–H groups in total. The highest BCUT2D eigenvalue weighted by molar-refractivity contribution is 6.33. The molecule has 0 spiro atoms. The van der Waals surface area contributed by atoms with Crippen LogP contribution in [-0.2, 0) is 0 Å². The number of hydrogen-bond donors (Lipinski definition) is 1. The first-order valence-corrected chi connectivity index (χ1v) is 7.88. The first-order chi connectivity index (χ1) is 9.52. The van der Waals surface area contributed by atoms with Crippen molar-refractivity contribution < 1.29 is 4.79 Å². The van der Waals surface area contributed by atoms with Gasteiger partial charge in [-0.15, -0.1) is 0 Å². The Morgan fingerprint density at radius 3 is 2.70 bits per heavy atom. The van der Waals surface area contributed by atoms with Crippen molar-refractivity contribution in [3.05, 3.63) is 16.9 Å². The molecule has 1 aromatic heterocycles. The second-order valence-corrected chi connectivity index (χ2v) is 6.40. The molecule has 0 saturated carbocycles. The molecule has 5 heteroatoms. The van der Waals surface area contributed by atoms with Crippen molar-refractivity contribution in [1.82, 2.24) is 15.1 Å². The van der Waals surface area contributed by atoms with Crippen molar-refractivity contribution >= 4 is 17.4 Å². The van der Waals surface area contributed by atoms with E-state index in [1.54, 1.807) is 10.9 Å². The third kappa shape index (κ3) is 2.77. The Morgan fingerprint density at radius 1 is 1.50 bits per heavy atom. The molecule has 4 nitrogen and oxygen atoms in total. The van der Waals surface area contributed by atoms with Crippen LogP contribution in [0.1, 0.15) is 63.0 Å². The highest BCUT2D eigenvalue weighted by Crippen LogP contribution is 2.39. The molecule has 1 aliphatic heterocycles. The van der Waals surface area contributed by atoms with Crippen LogP contribution in [0.2, 0.25) is 5.02 Å². The fourth-order valence-electron chi connectivity index (χ4n) is 3.17. The first-order valence-electron chi connectivity index (χ1n) is 7.50. The van der Waals surface area contributed by atoms with E-state index in [0.717, 1.165) is 38.8 Å². The van der Waals surface area contributed by atoms with Gasteiger partial charge in [-0.2, -0.15) is 5.10 Å². The predicted octanol–water partition coefficient (Wildman–Crippen LogP) is 3.47.